The molecule has 5 heteroatoms. The van der Waals surface area contributed by atoms with E-state index in [-0.39, 0.29) is 17.7 Å². The fourth-order valence-corrected chi connectivity index (χ4v) is 2.78. The van der Waals surface area contributed by atoms with Crippen molar-refractivity contribution >= 4 is 17.5 Å². The van der Waals surface area contributed by atoms with E-state index in [0.717, 1.165) is 24.8 Å². The van der Waals surface area contributed by atoms with Crippen molar-refractivity contribution in [2.45, 2.75) is 25.8 Å². The van der Waals surface area contributed by atoms with Crippen molar-refractivity contribution < 1.29 is 9.59 Å². The molecular weight excluding hydrogens is 314 g/mol. The van der Waals surface area contributed by atoms with Gasteiger partial charge in [-0.1, -0.05) is 24.3 Å². The lowest BCUT2D eigenvalue weighted by Gasteiger charge is -2.17. The average molecular weight is 335 g/mol. The summed E-state index contributed by atoms with van der Waals surface area (Å²) in [5.41, 5.74) is 2.25. The number of hydrogen-bond acceptors (Lipinski definition) is 3. The van der Waals surface area contributed by atoms with E-state index in [1.807, 2.05) is 12.1 Å². The largest absolute Gasteiger partial charge is 0.352 e. The van der Waals surface area contributed by atoms with Gasteiger partial charge in [0.2, 0.25) is 5.91 Å². The Balaban J connectivity index is 1.52. The molecule has 0 saturated heterocycles. The van der Waals surface area contributed by atoms with Gasteiger partial charge < -0.3 is 10.6 Å². The van der Waals surface area contributed by atoms with Crippen LogP contribution in [0.3, 0.4) is 0 Å². The molecular formula is C20H21N3O2. The third-order valence-corrected chi connectivity index (χ3v) is 4.26. The number of anilines is 1. The summed E-state index contributed by atoms with van der Waals surface area (Å²) in [6.07, 6.45) is 10.2. The molecule has 2 N–H and O–H groups in total. The zero-order valence-corrected chi connectivity index (χ0v) is 13.9. The molecule has 1 heterocycles. The molecule has 0 aliphatic heterocycles. The Bertz CT molecular complexity index is 754. The van der Waals surface area contributed by atoms with Crippen LogP contribution in [0.25, 0.3) is 0 Å². The van der Waals surface area contributed by atoms with Gasteiger partial charge in [0.25, 0.3) is 5.91 Å². The van der Waals surface area contributed by atoms with E-state index in [2.05, 4.69) is 27.8 Å². The number of rotatable bonds is 5. The summed E-state index contributed by atoms with van der Waals surface area (Å²) in [4.78, 5) is 28.2. The summed E-state index contributed by atoms with van der Waals surface area (Å²) in [5, 5.41) is 5.79. The van der Waals surface area contributed by atoms with Gasteiger partial charge >= 0.3 is 0 Å². The molecule has 1 aromatic heterocycles. The van der Waals surface area contributed by atoms with Crippen LogP contribution >= 0.6 is 0 Å². The summed E-state index contributed by atoms with van der Waals surface area (Å²) in [6.45, 7) is 0.477. The normalized spacial score (nSPS) is 16.2. The maximum Gasteiger partial charge on any atom is 0.255 e. The molecule has 1 unspecified atom stereocenters. The first-order valence-electron chi connectivity index (χ1n) is 8.45. The van der Waals surface area contributed by atoms with Gasteiger partial charge in [0, 0.05) is 36.1 Å². The molecule has 5 nitrogen and oxygen atoms in total. The van der Waals surface area contributed by atoms with Gasteiger partial charge in [-0.25, -0.2) is 0 Å². The zero-order chi connectivity index (χ0) is 17.5. The summed E-state index contributed by atoms with van der Waals surface area (Å²) in [5.74, 6) is 0.00930. The minimum absolute atomic E-state index is 0.0791. The Kier molecular flexibility index (Phi) is 5.57. The first-order valence-corrected chi connectivity index (χ1v) is 8.45. The number of allylic oxidation sites excluding steroid dienone is 2. The van der Waals surface area contributed by atoms with Gasteiger partial charge in [-0.15, -0.1) is 0 Å². The summed E-state index contributed by atoms with van der Waals surface area (Å²) in [6, 6.07) is 10.7. The first kappa shape index (κ1) is 16.9. The number of nitrogens with zero attached hydrogens (tertiary/aromatic N) is 1. The van der Waals surface area contributed by atoms with Gasteiger partial charge in [0.1, 0.15) is 0 Å². The highest BCUT2D eigenvalue weighted by Gasteiger charge is 2.18. The van der Waals surface area contributed by atoms with Crippen LogP contribution in [-0.4, -0.2) is 16.8 Å². The van der Waals surface area contributed by atoms with Crippen molar-refractivity contribution in [1.29, 1.82) is 0 Å². The van der Waals surface area contributed by atoms with Crippen molar-refractivity contribution in [3.05, 3.63) is 72.1 Å². The highest BCUT2D eigenvalue weighted by atomic mass is 16.2. The Morgan fingerprint density at radius 2 is 1.80 bits per heavy atom. The highest BCUT2D eigenvalue weighted by molar-refractivity contribution is 6.04. The minimum Gasteiger partial charge on any atom is -0.352 e. The monoisotopic (exact) mass is 335 g/mol. The SMILES string of the molecule is O=C(Nc1ccncc1)c1ccc(CNC(=O)C2CC=CCC2)cc1. The van der Waals surface area contributed by atoms with Gasteiger partial charge in [-0.3, -0.25) is 14.6 Å². The second kappa shape index (κ2) is 8.24. The lowest BCUT2D eigenvalue weighted by Crippen LogP contribution is -2.30. The summed E-state index contributed by atoms with van der Waals surface area (Å²) in [7, 11) is 0. The minimum atomic E-state index is -0.171. The molecule has 2 aromatic rings. The molecule has 25 heavy (non-hydrogen) atoms. The topological polar surface area (TPSA) is 71.1 Å². The number of pyridine rings is 1. The number of aromatic nitrogens is 1. The lowest BCUT2D eigenvalue weighted by atomic mass is 9.93. The van der Waals surface area contributed by atoms with Crippen molar-refractivity contribution in [1.82, 2.24) is 10.3 Å². The van der Waals surface area contributed by atoms with Crippen LogP contribution in [0.1, 0.15) is 35.2 Å². The fourth-order valence-electron chi connectivity index (χ4n) is 2.78. The summed E-state index contributed by atoms with van der Waals surface area (Å²) >= 11 is 0. The van der Waals surface area contributed by atoms with E-state index in [1.54, 1.807) is 36.7 Å². The standard InChI is InChI=1S/C20H21N3O2/c24-19(16-4-2-1-3-5-16)22-14-15-6-8-17(9-7-15)20(25)23-18-10-12-21-13-11-18/h1-2,6-13,16H,3-5,14H2,(H,22,24)(H,21,23,25). The molecule has 0 saturated carbocycles. The van der Waals surface area contributed by atoms with Crippen molar-refractivity contribution in [2.75, 3.05) is 5.32 Å². The lowest BCUT2D eigenvalue weighted by molar-refractivity contribution is -0.125. The van der Waals surface area contributed by atoms with E-state index in [1.165, 1.54) is 0 Å². The number of nitrogens with one attached hydrogen (secondary N) is 2. The van der Waals surface area contributed by atoms with Crippen molar-refractivity contribution in [3.8, 4) is 0 Å². The van der Waals surface area contributed by atoms with E-state index in [9.17, 15) is 9.59 Å². The van der Waals surface area contributed by atoms with Gasteiger partial charge in [-0.05, 0) is 49.1 Å². The molecule has 3 rings (SSSR count). The van der Waals surface area contributed by atoms with Crippen LogP contribution in [0.4, 0.5) is 5.69 Å². The molecule has 1 aromatic carbocycles. The second-order valence-corrected chi connectivity index (χ2v) is 6.09. The zero-order valence-electron chi connectivity index (χ0n) is 13.9. The van der Waals surface area contributed by atoms with E-state index < -0.39 is 0 Å². The number of carbonyl (C=O) groups excluding carboxylic acids is 2. The molecule has 0 radical (unpaired) electrons. The van der Waals surface area contributed by atoms with Crippen LogP contribution in [0.5, 0.6) is 0 Å². The molecule has 128 valence electrons. The van der Waals surface area contributed by atoms with E-state index in [4.69, 9.17) is 0 Å². The summed E-state index contributed by atoms with van der Waals surface area (Å²) < 4.78 is 0. The van der Waals surface area contributed by atoms with Crippen LogP contribution < -0.4 is 10.6 Å². The van der Waals surface area contributed by atoms with Crippen LogP contribution in [0.2, 0.25) is 0 Å². The predicted octanol–water partition coefficient (Wildman–Crippen LogP) is 3.31. The molecule has 1 atom stereocenters. The molecule has 0 bridgehead atoms. The predicted molar refractivity (Wildman–Crippen MR) is 97.0 cm³/mol. The Labute approximate surface area is 147 Å². The van der Waals surface area contributed by atoms with Gasteiger partial charge in [0.15, 0.2) is 0 Å². The Morgan fingerprint density at radius 1 is 1.04 bits per heavy atom. The Morgan fingerprint density at radius 3 is 2.48 bits per heavy atom. The van der Waals surface area contributed by atoms with Crippen LogP contribution in [0.15, 0.2) is 60.9 Å². The van der Waals surface area contributed by atoms with Gasteiger partial charge in [-0.2, -0.15) is 0 Å². The molecule has 0 spiro atoms. The number of carbonyl (C=O) groups is 2. The number of amides is 2. The van der Waals surface area contributed by atoms with Crippen molar-refractivity contribution in [2.24, 2.45) is 5.92 Å². The maximum atomic E-state index is 12.2. The quantitative estimate of drug-likeness (QED) is 0.824. The fraction of sp³-hybridized carbons (Fsp3) is 0.250. The third kappa shape index (κ3) is 4.76. The van der Waals surface area contributed by atoms with Crippen molar-refractivity contribution in [3.63, 3.8) is 0 Å². The molecule has 1 aliphatic rings. The van der Waals surface area contributed by atoms with Gasteiger partial charge in [0.05, 0.1) is 0 Å². The molecule has 1 aliphatic carbocycles. The molecule has 0 fully saturated rings. The van der Waals surface area contributed by atoms with E-state index in [0.29, 0.717) is 17.8 Å². The number of hydrogen-bond donors (Lipinski definition) is 2. The highest BCUT2D eigenvalue weighted by Crippen LogP contribution is 2.18. The maximum absolute atomic E-state index is 12.2. The third-order valence-electron chi connectivity index (χ3n) is 4.26. The van der Waals surface area contributed by atoms with E-state index >= 15 is 0 Å². The first-order chi connectivity index (χ1) is 12.2. The van der Waals surface area contributed by atoms with Crippen LogP contribution in [0, 0.1) is 5.92 Å². The Hall–Kier alpha value is -2.95. The average Bonchev–Trinajstić information content (AvgIpc) is 2.68. The van der Waals surface area contributed by atoms with Crippen LogP contribution in [-0.2, 0) is 11.3 Å². The number of benzene rings is 1. The molecule has 2 amide bonds. The smallest absolute Gasteiger partial charge is 0.255 e. The second-order valence-electron chi connectivity index (χ2n) is 6.09.